The molecule has 1 atom stereocenters. The molecular formula is C15H12F2O4. The van der Waals surface area contributed by atoms with Crippen LogP contribution in [0.4, 0.5) is 8.78 Å². The molecule has 1 unspecified atom stereocenters. The molecule has 2 aromatic rings. The normalized spacial score (nSPS) is 12.9. The van der Waals surface area contributed by atoms with Gasteiger partial charge in [0.25, 0.3) is 0 Å². The molecule has 0 aromatic heterocycles. The van der Waals surface area contributed by atoms with Gasteiger partial charge in [0.15, 0.2) is 0 Å². The molecule has 6 heteroatoms. The van der Waals surface area contributed by atoms with Gasteiger partial charge in [0.1, 0.15) is 0 Å². The summed E-state index contributed by atoms with van der Waals surface area (Å²) in [7, 11) is 0. The Bertz CT molecular complexity index is 697. The highest BCUT2D eigenvalue weighted by molar-refractivity contribution is 5.84. The fourth-order valence-electron chi connectivity index (χ4n) is 2.00. The van der Waals surface area contributed by atoms with Crippen molar-refractivity contribution in [3.8, 4) is 0 Å². The minimum atomic E-state index is -4.21. The largest absolute Gasteiger partial charge is 0.477 e. The van der Waals surface area contributed by atoms with Crippen molar-refractivity contribution in [2.45, 2.75) is 19.0 Å². The number of aliphatic carboxylic acids is 1. The van der Waals surface area contributed by atoms with Gasteiger partial charge in [0, 0.05) is 6.92 Å². The van der Waals surface area contributed by atoms with E-state index in [2.05, 4.69) is 4.74 Å². The Hall–Kier alpha value is -2.50. The van der Waals surface area contributed by atoms with Gasteiger partial charge in [-0.1, -0.05) is 36.4 Å². The minimum Gasteiger partial charge on any atom is -0.477 e. The van der Waals surface area contributed by atoms with Crippen molar-refractivity contribution in [3.63, 3.8) is 0 Å². The van der Waals surface area contributed by atoms with Gasteiger partial charge in [-0.15, -0.1) is 0 Å². The van der Waals surface area contributed by atoms with Crippen molar-refractivity contribution >= 4 is 22.7 Å². The summed E-state index contributed by atoms with van der Waals surface area (Å²) in [5.41, 5.74) is -0.0729. The van der Waals surface area contributed by atoms with Gasteiger partial charge in [0.05, 0.1) is 0 Å². The smallest absolute Gasteiger partial charge is 0.382 e. The monoisotopic (exact) mass is 294 g/mol. The molecule has 21 heavy (non-hydrogen) atoms. The van der Waals surface area contributed by atoms with Gasteiger partial charge in [-0.25, -0.2) is 4.79 Å². The van der Waals surface area contributed by atoms with Crippen LogP contribution in [-0.4, -0.2) is 23.0 Å². The van der Waals surface area contributed by atoms with E-state index in [9.17, 15) is 18.4 Å². The molecule has 1 N–H and O–H groups in total. The van der Waals surface area contributed by atoms with Gasteiger partial charge in [-0.05, 0) is 22.4 Å². The van der Waals surface area contributed by atoms with E-state index in [1.165, 1.54) is 12.1 Å². The number of fused-ring (bicyclic) bond motifs is 1. The number of carbonyl (C=O) groups excluding carboxylic acids is 1. The molecule has 0 aliphatic carbocycles. The molecule has 2 rings (SSSR count). The molecule has 0 radical (unpaired) electrons. The second kappa shape index (κ2) is 5.47. The number of ether oxygens (including phenoxy) is 1. The van der Waals surface area contributed by atoms with Crippen LogP contribution < -0.4 is 0 Å². The molecule has 0 aliphatic heterocycles. The third kappa shape index (κ3) is 2.99. The molecule has 0 amide bonds. The summed E-state index contributed by atoms with van der Waals surface area (Å²) in [5, 5.41) is 10.1. The maximum atomic E-state index is 13.8. The lowest BCUT2D eigenvalue weighted by Gasteiger charge is -2.23. The highest BCUT2D eigenvalue weighted by Crippen LogP contribution is 2.36. The molecule has 0 saturated heterocycles. The summed E-state index contributed by atoms with van der Waals surface area (Å²) in [4.78, 5) is 21.8. The summed E-state index contributed by atoms with van der Waals surface area (Å²) in [6.45, 7) is 0.950. The maximum Gasteiger partial charge on any atom is 0.382 e. The SMILES string of the molecule is CC(=O)OC(c1ccc2ccccc2c1)C(F)(F)C(=O)O. The number of hydrogen-bond acceptors (Lipinski definition) is 3. The van der Waals surface area contributed by atoms with E-state index in [-0.39, 0.29) is 5.56 Å². The van der Waals surface area contributed by atoms with Gasteiger partial charge in [-0.3, -0.25) is 4.79 Å². The van der Waals surface area contributed by atoms with E-state index in [4.69, 9.17) is 5.11 Å². The maximum absolute atomic E-state index is 13.8. The molecule has 0 saturated carbocycles. The fourth-order valence-corrected chi connectivity index (χ4v) is 2.00. The van der Waals surface area contributed by atoms with Gasteiger partial charge in [-0.2, -0.15) is 8.78 Å². The summed E-state index contributed by atoms with van der Waals surface area (Å²) in [6.07, 6.45) is -2.17. The zero-order valence-corrected chi connectivity index (χ0v) is 11.0. The van der Waals surface area contributed by atoms with E-state index in [1.54, 1.807) is 30.3 Å². The summed E-state index contributed by atoms with van der Waals surface area (Å²) in [5.74, 6) is -7.54. The van der Waals surface area contributed by atoms with Crippen LogP contribution in [0.2, 0.25) is 0 Å². The van der Waals surface area contributed by atoms with Crippen molar-refractivity contribution in [3.05, 3.63) is 48.0 Å². The van der Waals surface area contributed by atoms with Gasteiger partial charge < -0.3 is 9.84 Å². The van der Waals surface area contributed by atoms with Crippen molar-refractivity contribution in [1.82, 2.24) is 0 Å². The third-order valence-electron chi connectivity index (χ3n) is 2.97. The van der Waals surface area contributed by atoms with Crippen LogP contribution in [0.1, 0.15) is 18.6 Å². The molecule has 0 aliphatic rings. The number of carbonyl (C=O) groups is 2. The lowest BCUT2D eigenvalue weighted by Crippen LogP contribution is -2.37. The average Bonchev–Trinajstić information content (AvgIpc) is 2.43. The second-order valence-electron chi connectivity index (χ2n) is 4.52. The summed E-state index contributed by atoms with van der Waals surface area (Å²) in [6, 6.07) is 11.3. The first-order valence-electron chi connectivity index (χ1n) is 6.09. The van der Waals surface area contributed by atoms with Crippen LogP contribution in [0, 0.1) is 0 Å². The number of carboxylic acids is 1. The van der Waals surface area contributed by atoms with Crippen LogP contribution in [0.15, 0.2) is 42.5 Å². The Morgan fingerprint density at radius 1 is 1.14 bits per heavy atom. The van der Waals surface area contributed by atoms with Gasteiger partial charge in [0.2, 0.25) is 6.10 Å². The van der Waals surface area contributed by atoms with E-state index < -0.39 is 24.0 Å². The van der Waals surface area contributed by atoms with Crippen LogP contribution in [-0.2, 0) is 14.3 Å². The third-order valence-corrected chi connectivity index (χ3v) is 2.97. The first-order chi connectivity index (χ1) is 9.82. The Kier molecular flexibility index (Phi) is 3.88. The Morgan fingerprint density at radius 3 is 2.33 bits per heavy atom. The van der Waals surface area contributed by atoms with Crippen LogP contribution >= 0.6 is 0 Å². The Morgan fingerprint density at radius 2 is 1.76 bits per heavy atom. The predicted molar refractivity (Wildman–Crippen MR) is 71.0 cm³/mol. The minimum absolute atomic E-state index is 0.0729. The molecule has 2 aromatic carbocycles. The van der Waals surface area contributed by atoms with Crippen molar-refractivity contribution in [1.29, 1.82) is 0 Å². The first-order valence-corrected chi connectivity index (χ1v) is 6.09. The van der Waals surface area contributed by atoms with E-state index in [0.29, 0.717) is 5.39 Å². The van der Waals surface area contributed by atoms with E-state index in [0.717, 1.165) is 12.3 Å². The topological polar surface area (TPSA) is 63.6 Å². The fraction of sp³-hybridized carbons (Fsp3) is 0.200. The molecule has 0 spiro atoms. The highest BCUT2D eigenvalue weighted by Gasteiger charge is 2.51. The zero-order chi connectivity index (χ0) is 15.6. The van der Waals surface area contributed by atoms with Crippen LogP contribution in [0.3, 0.4) is 0 Å². The standard InChI is InChI=1S/C15H12F2O4/c1-9(18)21-13(15(16,17)14(19)20)12-7-6-10-4-2-3-5-11(10)8-12/h2-8,13H,1H3,(H,19,20). The van der Waals surface area contributed by atoms with E-state index >= 15 is 0 Å². The lowest BCUT2D eigenvalue weighted by atomic mass is 9.99. The van der Waals surface area contributed by atoms with Crippen molar-refractivity contribution < 1.29 is 28.2 Å². The lowest BCUT2D eigenvalue weighted by molar-refractivity contribution is -0.193. The average molecular weight is 294 g/mol. The van der Waals surface area contributed by atoms with Crippen LogP contribution in [0.5, 0.6) is 0 Å². The second-order valence-corrected chi connectivity index (χ2v) is 4.52. The number of hydrogen-bond donors (Lipinski definition) is 1. The zero-order valence-electron chi connectivity index (χ0n) is 11.0. The van der Waals surface area contributed by atoms with Crippen molar-refractivity contribution in [2.75, 3.05) is 0 Å². The number of esters is 1. The molecule has 4 nitrogen and oxygen atoms in total. The van der Waals surface area contributed by atoms with Crippen molar-refractivity contribution in [2.24, 2.45) is 0 Å². The number of alkyl halides is 2. The van der Waals surface area contributed by atoms with Gasteiger partial charge >= 0.3 is 17.9 Å². The highest BCUT2D eigenvalue weighted by atomic mass is 19.3. The quantitative estimate of drug-likeness (QED) is 0.880. The Labute approximate surface area is 118 Å². The Balaban J connectivity index is 2.52. The summed E-state index contributed by atoms with van der Waals surface area (Å²) < 4.78 is 32.1. The number of rotatable bonds is 4. The predicted octanol–water partition coefficient (Wildman–Crippen LogP) is 3.16. The first kappa shape index (κ1) is 14.9. The van der Waals surface area contributed by atoms with E-state index in [1.807, 2.05) is 0 Å². The molecule has 110 valence electrons. The number of halogens is 2. The molecule has 0 fully saturated rings. The molecular weight excluding hydrogens is 282 g/mol. The molecule has 0 heterocycles. The molecule has 0 bridgehead atoms. The summed E-state index contributed by atoms with van der Waals surface area (Å²) >= 11 is 0. The van der Waals surface area contributed by atoms with Crippen LogP contribution in [0.25, 0.3) is 10.8 Å². The number of benzene rings is 2. The number of carboxylic acid groups (broad SMARTS) is 1.